The van der Waals surface area contributed by atoms with E-state index in [1.54, 1.807) is 12.1 Å². The molecule has 4 nitrogen and oxygen atoms in total. The van der Waals surface area contributed by atoms with Crippen LogP contribution in [0.1, 0.15) is 5.56 Å². The van der Waals surface area contributed by atoms with Crippen molar-refractivity contribution in [1.29, 1.82) is 4.78 Å². The highest BCUT2D eigenvalue weighted by Gasteiger charge is 2.49. The van der Waals surface area contributed by atoms with Gasteiger partial charge in [-0.25, -0.2) is 13.4 Å². The van der Waals surface area contributed by atoms with E-state index in [4.69, 9.17) is 4.78 Å². The molecular weight excluding hydrogens is 346 g/mol. The Kier molecular flexibility index (Phi) is 3.78. The summed E-state index contributed by atoms with van der Waals surface area (Å²) < 4.78 is 72.8. The van der Waals surface area contributed by atoms with Crippen molar-refractivity contribution >= 4 is 15.4 Å². The lowest BCUT2D eigenvalue weighted by Crippen LogP contribution is -2.57. The van der Waals surface area contributed by atoms with Gasteiger partial charge in [0.1, 0.15) is 0 Å². The molecule has 1 atom stereocenters. The third-order valence-corrected chi connectivity index (χ3v) is 5.52. The van der Waals surface area contributed by atoms with Crippen molar-refractivity contribution < 1.29 is 21.8 Å². The monoisotopic (exact) mass is 359 g/mol. The van der Waals surface area contributed by atoms with E-state index in [0.717, 1.165) is 6.07 Å². The Morgan fingerprint density at radius 1 is 1.17 bits per heavy atom. The van der Waals surface area contributed by atoms with Gasteiger partial charge in [0.05, 0.1) is 23.7 Å². The Balaban J connectivity index is 1.92. The molecule has 0 aliphatic carbocycles. The van der Waals surface area contributed by atoms with Crippen molar-refractivity contribution in [3.63, 3.8) is 0 Å². The van der Waals surface area contributed by atoms with Crippen molar-refractivity contribution in [3.05, 3.63) is 54.4 Å². The zero-order valence-corrected chi connectivity index (χ0v) is 13.1. The maximum absolute atomic E-state index is 14.8. The van der Waals surface area contributed by atoms with Crippen molar-refractivity contribution in [1.82, 2.24) is 4.98 Å². The van der Waals surface area contributed by atoms with Crippen LogP contribution in [0.25, 0.3) is 0 Å². The first-order valence-electron chi connectivity index (χ1n) is 6.94. The molecule has 1 N–H and O–H groups in total. The van der Waals surface area contributed by atoms with Crippen molar-refractivity contribution in [2.45, 2.75) is 16.1 Å². The summed E-state index contributed by atoms with van der Waals surface area (Å²) in [5.74, 6) is 0. The van der Waals surface area contributed by atoms with E-state index in [1.807, 2.05) is 0 Å². The number of hydrogen-bond donors (Lipinski definition) is 1. The van der Waals surface area contributed by atoms with Gasteiger partial charge in [0.25, 0.3) is 0 Å². The van der Waals surface area contributed by atoms with Crippen molar-refractivity contribution in [2.24, 2.45) is 0 Å². The van der Waals surface area contributed by atoms with Gasteiger partial charge < -0.3 is 4.90 Å². The fourth-order valence-electron chi connectivity index (χ4n) is 2.63. The van der Waals surface area contributed by atoms with E-state index in [0.29, 0.717) is 5.56 Å². The van der Waals surface area contributed by atoms with Gasteiger partial charge in [0, 0.05) is 18.0 Å². The maximum atomic E-state index is 14.8. The van der Waals surface area contributed by atoms with Crippen LogP contribution in [0.3, 0.4) is 0 Å². The first-order valence-corrected chi connectivity index (χ1v) is 8.49. The molecule has 1 unspecified atom stereocenters. The summed E-state index contributed by atoms with van der Waals surface area (Å²) in [5.41, 5.74) is -6.62. The molecule has 1 aliphatic rings. The van der Waals surface area contributed by atoms with Gasteiger partial charge in [-0.1, -0.05) is 18.2 Å². The molecule has 128 valence electrons. The van der Waals surface area contributed by atoms with E-state index in [1.165, 1.54) is 35.5 Å². The van der Waals surface area contributed by atoms with Gasteiger partial charge in [0.2, 0.25) is 0 Å². The first kappa shape index (κ1) is 16.7. The number of nitrogens with zero attached hydrogens (tertiary/aromatic N) is 2. The Morgan fingerprint density at radius 3 is 2.42 bits per heavy atom. The van der Waals surface area contributed by atoms with Crippen LogP contribution < -0.4 is 4.90 Å². The predicted molar refractivity (Wildman–Crippen MR) is 80.9 cm³/mol. The smallest absolute Gasteiger partial charge is 0.363 e. The summed E-state index contributed by atoms with van der Waals surface area (Å²) in [5, 5.41) is 0. The Hall–Kier alpha value is -2.16. The largest absolute Gasteiger partial charge is 0.483 e. The Labute approximate surface area is 136 Å². The molecule has 9 heteroatoms. The lowest BCUT2D eigenvalue weighted by Gasteiger charge is -2.46. The van der Waals surface area contributed by atoms with Crippen LogP contribution in [0.4, 0.5) is 23.2 Å². The van der Waals surface area contributed by atoms with Crippen LogP contribution >= 0.6 is 0 Å². The third kappa shape index (κ3) is 2.62. The van der Waals surface area contributed by atoms with Gasteiger partial charge in [-0.2, -0.15) is 13.2 Å². The van der Waals surface area contributed by atoms with Crippen LogP contribution in [0.5, 0.6) is 0 Å². The van der Waals surface area contributed by atoms with Gasteiger partial charge in [-0.3, -0.25) is 4.98 Å². The SMILES string of the molecule is N=S(=O)(c1ccccc1N1CC(F)(c2cccnc2)C1)C(F)(F)F. The molecule has 1 fully saturated rings. The minimum absolute atomic E-state index is 0.0352. The summed E-state index contributed by atoms with van der Waals surface area (Å²) >= 11 is 0. The summed E-state index contributed by atoms with van der Waals surface area (Å²) in [6.07, 6.45) is 2.86. The fourth-order valence-corrected chi connectivity index (χ4v) is 3.64. The molecular formula is C15H13F4N3OS. The average Bonchev–Trinajstić information content (AvgIpc) is 2.51. The summed E-state index contributed by atoms with van der Waals surface area (Å²) in [6, 6.07) is 8.20. The van der Waals surface area contributed by atoms with Crippen LogP contribution in [-0.2, 0) is 15.4 Å². The summed E-state index contributed by atoms with van der Waals surface area (Å²) in [4.78, 5) is 4.54. The second kappa shape index (κ2) is 5.44. The molecule has 2 heterocycles. The van der Waals surface area contributed by atoms with E-state index >= 15 is 0 Å². The number of aromatic nitrogens is 1. The predicted octanol–water partition coefficient (Wildman–Crippen LogP) is 3.69. The van der Waals surface area contributed by atoms with Crippen LogP contribution in [0.15, 0.2) is 53.7 Å². The van der Waals surface area contributed by atoms with Gasteiger partial charge in [0.15, 0.2) is 15.4 Å². The van der Waals surface area contributed by atoms with Crippen LogP contribution in [0.2, 0.25) is 0 Å². The number of anilines is 1. The molecule has 0 spiro atoms. The van der Waals surface area contributed by atoms with Crippen LogP contribution in [-0.4, -0.2) is 27.8 Å². The number of halogens is 4. The quantitative estimate of drug-likeness (QED) is 0.851. The van der Waals surface area contributed by atoms with E-state index < -0.39 is 25.8 Å². The van der Waals surface area contributed by atoms with Crippen molar-refractivity contribution in [2.75, 3.05) is 18.0 Å². The number of hydrogen-bond acceptors (Lipinski definition) is 4. The molecule has 0 radical (unpaired) electrons. The molecule has 1 saturated heterocycles. The number of nitrogens with one attached hydrogen (secondary N) is 1. The molecule has 1 aliphatic heterocycles. The molecule has 1 aromatic heterocycles. The standard InChI is InChI=1S/C15H13F4N3OS/c16-14(11-4-3-7-21-8-11)9-22(10-14)12-5-1-2-6-13(12)24(20,23)15(17,18)19/h1-8,20H,9-10H2. The highest BCUT2D eigenvalue weighted by Crippen LogP contribution is 2.43. The molecule has 1 aromatic carbocycles. The zero-order chi connectivity index (χ0) is 17.6. The fraction of sp³-hybridized carbons (Fsp3) is 0.267. The number of pyridine rings is 1. The van der Waals surface area contributed by atoms with Crippen LogP contribution in [0, 0.1) is 4.78 Å². The zero-order valence-electron chi connectivity index (χ0n) is 12.3. The Morgan fingerprint density at radius 2 is 1.83 bits per heavy atom. The van der Waals surface area contributed by atoms with E-state index in [9.17, 15) is 21.8 Å². The maximum Gasteiger partial charge on any atom is 0.483 e. The van der Waals surface area contributed by atoms with Crippen molar-refractivity contribution in [3.8, 4) is 0 Å². The molecule has 0 amide bonds. The minimum Gasteiger partial charge on any atom is -0.363 e. The van der Waals surface area contributed by atoms with E-state index in [2.05, 4.69) is 4.98 Å². The summed E-state index contributed by atoms with van der Waals surface area (Å²) in [7, 11) is -5.01. The number of para-hydroxylation sites is 1. The Bertz CT molecular complexity index is 847. The number of benzene rings is 1. The van der Waals surface area contributed by atoms with Gasteiger partial charge >= 0.3 is 5.51 Å². The molecule has 3 rings (SSSR count). The van der Waals surface area contributed by atoms with E-state index in [-0.39, 0.29) is 18.8 Å². The second-order valence-electron chi connectivity index (χ2n) is 5.53. The lowest BCUT2D eigenvalue weighted by atomic mass is 9.88. The van der Waals surface area contributed by atoms with Gasteiger partial charge in [-0.05, 0) is 18.2 Å². The number of rotatable bonds is 3. The normalized spacial score (nSPS) is 19.4. The van der Waals surface area contributed by atoms with Gasteiger partial charge in [-0.15, -0.1) is 0 Å². The third-order valence-electron chi connectivity index (χ3n) is 3.90. The average molecular weight is 359 g/mol. The summed E-state index contributed by atoms with van der Waals surface area (Å²) in [6.45, 7) is -0.383. The topological polar surface area (TPSA) is 57.1 Å². The lowest BCUT2D eigenvalue weighted by molar-refractivity contribution is -0.0406. The first-order chi connectivity index (χ1) is 11.2. The second-order valence-corrected chi connectivity index (χ2v) is 7.55. The molecule has 0 bridgehead atoms. The number of alkyl halides is 4. The highest BCUT2D eigenvalue weighted by molar-refractivity contribution is 7.93. The highest BCUT2D eigenvalue weighted by atomic mass is 32.2. The molecule has 2 aromatic rings. The molecule has 0 saturated carbocycles. The molecule has 24 heavy (non-hydrogen) atoms. The minimum atomic E-state index is -5.19.